The molecular weight excluding hydrogens is 360 g/mol. The zero-order chi connectivity index (χ0) is 20.3. The number of phenols is 6. The van der Waals surface area contributed by atoms with E-state index in [1.165, 1.54) is 36.4 Å². The molecule has 0 aliphatic rings. The van der Waals surface area contributed by atoms with E-state index in [4.69, 9.17) is 0 Å². The van der Waals surface area contributed by atoms with Crippen LogP contribution in [0.1, 0.15) is 29.0 Å². The van der Waals surface area contributed by atoms with Crippen LogP contribution in [0.2, 0.25) is 0 Å². The molecule has 0 amide bonds. The van der Waals surface area contributed by atoms with Gasteiger partial charge in [0.25, 0.3) is 0 Å². The fraction of sp³-hybridized carbons (Fsp3) is 0.182. The van der Waals surface area contributed by atoms with E-state index in [0.717, 1.165) is 0 Å². The molecule has 28 heavy (non-hydrogen) atoms. The van der Waals surface area contributed by atoms with Crippen LogP contribution in [0.15, 0.2) is 54.6 Å². The van der Waals surface area contributed by atoms with Crippen LogP contribution in [-0.2, 0) is 12.8 Å². The Morgan fingerprint density at radius 3 is 1.61 bits per heavy atom. The van der Waals surface area contributed by atoms with Gasteiger partial charge in [0.05, 0.1) is 0 Å². The molecule has 0 saturated carbocycles. The summed E-state index contributed by atoms with van der Waals surface area (Å²) in [6.45, 7) is 0. The number of aryl methyl sites for hydroxylation is 1. The first-order valence-electron chi connectivity index (χ1n) is 8.87. The predicted molar refractivity (Wildman–Crippen MR) is 104 cm³/mol. The van der Waals surface area contributed by atoms with E-state index < -0.39 is 0 Å². The second-order valence-electron chi connectivity index (χ2n) is 6.81. The van der Waals surface area contributed by atoms with Gasteiger partial charge in [-0.25, -0.2) is 0 Å². The maximum Gasteiger partial charge on any atom is 0.122 e. The van der Waals surface area contributed by atoms with Crippen molar-refractivity contribution in [1.82, 2.24) is 0 Å². The van der Waals surface area contributed by atoms with Gasteiger partial charge in [0.1, 0.15) is 34.5 Å². The van der Waals surface area contributed by atoms with Gasteiger partial charge in [0.15, 0.2) is 0 Å². The lowest BCUT2D eigenvalue weighted by atomic mass is 9.86. The highest BCUT2D eigenvalue weighted by molar-refractivity contribution is 5.45. The highest BCUT2D eigenvalue weighted by Crippen LogP contribution is 2.37. The molecule has 6 N–H and O–H groups in total. The van der Waals surface area contributed by atoms with E-state index in [9.17, 15) is 30.6 Å². The van der Waals surface area contributed by atoms with Crippen LogP contribution in [0.25, 0.3) is 0 Å². The molecule has 3 aromatic rings. The standard InChI is InChI=1S/C22H22O6/c23-16-5-3-13(20(26)10-16)1-2-14(19-8-7-18(25)12-22(19)28)9-15-4-6-17(24)11-21(15)27/h3-8,10-12,14,23-28H,1-2,9H2. The number of hydrogen-bond acceptors (Lipinski definition) is 6. The van der Waals surface area contributed by atoms with Crippen LogP contribution in [0.4, 0.5) is 0 Å². The second kappa shape index (κ2) is 8.00. The molecule has 6 nitrogen and oxygen atoms in total. The Bertz CT molecular complexity index is 983. The van der Waals surface area contributed by atoms with Crippen molar-refractivity contribution in [2.75, 3.05) is 0 Å². The van der Waals surface area contributed by atoms with Gasteiger partial charge in [-0.05, 0) is 60.1 Å². The predicted octanol–water partition coefficient (Wildman–Crippen LogP) is 3.88. The summed E-state index contributed by atoms with van der Waals surface area (Å²) < 4.78 is 0. The van der Waals surface area contributed by atoms with Gasteiger partial charge in [0.2, 0.25) is 0 Å². The van der Waals surface area contributed by atoms with E-state index in [1.54, 1.807) is 18.2 Å². The number of phenolic OH excluding ortho intramolecular Hbond substituents is 6. The van der Waals surface area contributed by atoms with Gasteiger partial charge in [-0.15, -0.1) is 0 Å². The third kappa shape index (κ3) is 4.40. The zero-order valence-corrected chi connectivity index (χ0v) is 15.1. The average molecular weight is 382 g/mol. The van der Waals surface area contributed by atoms with Crippen molar-refractivity contribution < 1.29 is 30.6 Å². The van der Waals surface area contributed by atoms with Crippen LogP contribution in [0.3, 0.4) is 0 Å². The Balaban J connectivity index is 1.89. The average Bonchev–Trinajstić information content (AvgIpc) is 2.62. The third-order valence-corrected chi connectivity index (χ3v) is 4.82. The molecule has 0 aliphatic carbocycles. The number of benzene rings is 3. The molecule has 3 aromatic carbocycles. The lowest BCUT2D eigenvalue weighted by molar-refractivity contribution is 0.429. The molecule has 0 aromatic heterocycles. The minimum atomic E-state index is -0.232. The normalized spacial score (nSPS) is 12.0. The van der Waals surface area contributed by atoms with E-state index >= 15 is 0 Å². The van der Waals surface area contributed by atoms with Crippen LogP contribution in [0, 0.1) is 0 Å². The summed E-state index contributed by atoms with van der Waals surface area (Å²) in [5.74, 6) is -0.467. The molecule has 0 spiro atoms. The minimum Gasteiger partial charge on any atom is -0.508 e. The smallest absolute Gasteiger partial charge is 0.122 e. The SMILES string of the molecule is Oc1ccc(CCC(Cc2ccc(O)cc2O)c2ccc(O)cc2O)c(O)c1. The van der Waals surface area contributed by atoms with Gasteiger partial charge < -0.3 is 30.6 Å². The molecule has 0 radical (unpaired) electrons. The van der Waals surface area contributed by atoms with Crippen molar-refractivity contribution in [3.05, 3.63) is 71.3 Å². The number of hydrogen-bond donors (Lipinski definition) is 6. The van der Waals surface area contributed by atoms with Gasteiger partial charge in [-0.2, -0.15) is 0 Å². The van der Waals surface area contributed by atoms with E-state index in [1.807, 2.05) is 0 Å². The lowest BCUT2D eigenvalue weighted by Crippen LogP contribution is -2.06. The minimum absolute atomic E-state index is 0.0128. The molecule has 1 unspecified atom stereocenters. The van der Waals surface area contributed by atoms with E-state index in [2.05, 4.69) is 0 Å². The van der Waals surface area contributed by atoms with Crippen molar-refractivity contribution in [1.29, 1.82) is 0 Å². The molecule has 3 rings (SSSR count). The lowest BCUT2D eigenvalue weighted by Gasteiger charge is -2.20. The largest absolute Gasteiger partial charge is 0.508 e. The van der Waals surface area contributed by atoms with Gasteiger partial charge in [-0.3, -0.25) is 0 Å². The van der Waals surface area contributed by atoms with Crippen molar-refractivity contribution in [3.63, 3.8) is 0 Å². The highest BCUT2D eigenvalue weighted by Gasteiger charge is 2.19. The van der Waals surface area contributed by atoms with Gasteiger partial charge in [0, 0.05) is 18.2 Å². The van der Waals surface area contributed by atoms with Crippen molar-refractivity contribution in [2.45, 2.75) is 25.2 Å². The Hall–Kier alpha value is -3.54. The van der Waals surface area contributed by atoms with Crippen molar-refractivity contribution in [2.24, 2.45) is 0 Å². The Labute approximate surface area is 162 Å². The quantitative estimate of drug-likeness (QED) is 0.385. The topological polar surface area (TPSA) is 121 Å². The summed E-state index contributed by atoms with van der Waals surface area (Å²) in [5, 5.41) is 58.9. The summed E-state index contributed by atoms with van der Waals surface area (Å²) >= 11 is 0. The summed E-state index contributed by atoms with van der Waals surface area (Å²) in [6, 6.07) is 13.1. The highest BCUT2D eigenvalue weighted by atomic mass is 16.3. The van der Waals surface area contributed by atoms with Crippen LogP contribution in [0.5, 0.6) is 34.5 Å². The second-order valence-corrected chi connectivity index (χ2v) is 6.81. The third-order valence-electron chi connectivity index (χ3n) is 4.82. The molecular formula is C22H22O6. The first-order chi connectivity index (χ1) is 13.3. The molecule has 0 bridgehead atoms. The first kappa shape index (κ1) is 19.2. The van der Waals surface area contributed by atoms with Crippen LogP contribution in [-0.4, -0.2) is 30.6 Å². The summed E-state index contributed by atoms with van der Waals surface area (Å²) in [6.07, 6.45) is 1.37. The van der Waals surface area contributed by atoms with Crippen LogP contribution < -0.4 is 0 Å². The van der Waals surface area contributed by atoms with Crippen molar-refractivity contribution >= 4 is 0 Å². The number of rotatable bonds is 6. The molecule has 0 fully saturated rings. The molecule has 6 heteroatoms. The summed E-state index contributed by atoms with van der Waals surface area (Å²) in [7, 11) is 0. The summed E-state index contributed by atoms with van der Waals surface area (Å²) in [5.41, 5.74) is 1.85. The first-order valence-corrected chi connectivity index (χ1v) is 8.87. The molecule has 1 atom stereocenters. The van der Waals surface area contributed by atoms with Crippen LogP contribution >= 0.6 is 0 Å². The maximum absolute atomic E-state index is 10.3. The maximum atomic E-state index is 10.3. The fourth-order valence-corrected chi connectivity index (χ4v) is 3.33. The van der Waals surface area contributed by atoms with Gasteiger partial charge in [-0.1, -0.05) is 18.2 Å². The van der Waals surface area contributed by atoms with E-state index in [0.29, 0.717) is 36.0 Å². The molecule has 0 aliphatic heterocycles. The number of aromatic hydroxyl groups is 6. The molecule has 0 heterocycles. The Morgan fingerprint density at radius 1 is 0.571 bits per heavy atom. The monoisotopic (exact) mass is 382 g/mol. The fourth-order valence-electron chi connectivity index (χ4n) is 3.33. The Kier molecular flexibility index (Phi) is 5.49. The molecule has 146 valence electrons. The Morgan fingerprint density at radius 2 is 1.07 bits per heavy atom. The van der Waals surface area contributed by atoms with Gasteiger partial charge >= 0.3 is 0 Å². The molecule has 0 saturated heterocycles. The van der Waals surface area contributed by atoms with Crippen molar-refractivity contribution in [3.8, 4) is 34.5 Å². The van der Waals surface area contributed by atoms with E-state index in [-0.39, 0.29) is 40.4 Å². The summed E-state index contributed by atoms with van der Waals surface area (Å²) in [4.78, 5) is 0. The zero-order valence-electron chi connectivity index (χ0n) is 15.1.